The van der Waals surface area contributed by atoms with Crippen LogP contribution in [0.25, 0.3) is 0 Å². The Morgan fingerprint density at radius 3 is 2.88 bits per heavy atom. The van der Waals surface area contributed by atoms with E-state index >= 15 is 0 Å². The minimum absolute atomic E-state index is 0.0384. The fourth-order valence-corrected chi connectivity index (χ4v) is 1.60. The molecule has 2 rings (SSSR count). The van der Waals surface area contributed by atoms with Crippen LogP contribution >= 0.6 is 0 Å². The van der Waals surface area contributed by atoms with Crippen LogP contribution in [0, 0.1) is 6.92 Å². The molecule has 2 aromatic heterocycles. The SMILES string of the molecule is CCc1cc(NC(C)c2ncn[nH]2)nc(C)n1. The summed E-state index contributed by atoms with van der Waals surface area (Å²) < 4.78 is 0. The molecule has 0 bridgehead atoms. The summed E-state index contributed by atoms with van der Waals surface area (Å²) in [6, 6.07) is 2.00. The Balaban J connectivity index is 2.15. The number of aromatic amines is 1. The third-order valence-electron chi connectivity index (χ3n) is 2.46. The molecular weight excluding hydrogens is 216 g/mol. The normalized spacial score (nSPS) is 12.4. The molecule has 0 amide bonds. The Labute approximate surface area is 99.9 Å². The van der Waals surface area contributed by atoms with Gasteiger partial charge in [0.25, 0.3) is 0 Å². The Bertz CT molecular complexity index is 479. The molecule has 2 aromatic rings. The molecule has 0 fully saturated rings. The molecule has 90 valence electrons. The molecule has 0 aliphatic rings. The minimum Gasteiger partial charge on any atom is -0.360 e. The van der Waals surface area contributed by atoms with Crippen LogP contribution in [-0.2, 0) is 6.42 Å². The number of hydrogen-bond donors (Lipinski definition) is 2. The molecule has 1 atom stereocenters. The van der Waals surface area contributed by atoms with Crippen molar-refractivity contribution < 1.29 is 0 Å². The van der Waals surface area contributed by atoms with Gasteiger partial charge in [0.05, 0.1) is 6.04 Å². The van der Waals surface area contributed by atoms with Crippen molar-refractivity contribution in [1.82, 2.24) is 25.1 Å². The third kappa shape index (κ3) is 2.77. The number of rotatable bonds is 4. The molecule has 6 nitrogen and oxygen atoms in total. The maximum absolute atomic E-state index is 4.35. The van der Waals surface area contributed by atoms with Crippen molar-refractivity contribution in [3.8, 4) is 0 Å². The Morgan fingerprint density at radius 2 is 2.24 bits per heavy atom. The number of anilines is 1. The van der Waals surface area contributed by atoms with E-state index in [0.717, 1.165) is 29.6 Å². The zero-order valence-electron chi connectivity index (χ0n) is 10.2. The summed E-state index contributed by atoms with van der Waals surface area (Å²) in [5.74, 6) is 2.38. The zero-order chi connectivity index (χ0) is 12.3. The molecule has 0 saturated carbocycles. The number of aromatic nitrogens is 5. The van der Waals surface area contributed by atoms with E-state index in [2.05, 4.69) is 37.4 Å². The van der Waals surface area contributed by atoms with Gasteiger partial charge in [-0.3, -0.25) is 5.10 Å². The number of aryl methyl sites for hydroxylation is 2. The van der Waals surface area contributed by atoms with Crippen LogP contribution in [0.15, 0.2) is 12.4 Å². The molecule has 2 heterocycles. The van der Waals surface area contributed by atoms with Crippen LogP contribution in [0.5, 0.6) is 0 Å². The molecule has 17 heavy (non-hydrogen) atoms. The van der Waals surface area contributed by atoms with Crippen molar-refractivity contribution in [1.29, 1.82) is 0 Å². The van der Waals surface area contributed by atoms with Gasteiger partial charge in [0.2, 0.25) is 0 Å². The van der Waals surface area contributed by atoms with Crippen molar-refractivity contribution >= 4 is 5.82 Å². The molecular formula is C11H16N6. The molecule has 0 aliphatic carbocycles. The summed E-state index contributed by atoms with van der Waals surface area (Å²) in [4.78, 5) is 12.8. The highest BCUT2D eigenvalue weighted by atomic mass is 15.2. The lowest BCUT2D eigenvalue weighted by molar-refractivity contribution is 0.785. The van der Waals surface area contributed by atoms with Gasteiger partial charge in [-0.25, -0.2) is 15.0 Å². The van der Waals surface area contributed by atoms with Crippen LogP contribution < -0.4 is 5.32 Å². The number of nitrogens with one attached hydrogen (secondary N) is 2. The lowest BCUT2D eigenvalue weighted by atomic mass is 10.3. The monoisotopic (exact) mass is 232 g/mol. The molecule has 1 unspecified atom stereocenters. The van der Waals surface area contributed by atoms with Gasteiger partial charge in [-0.1, -0.05) is 6.92 Å². The van der Waals surface area contributed by atoms with Gasteiger partial charge in [-0.2, -0.15) is 5.10 Å². The Kier molecular flexibility index (Phi) is 3.32. The van der Waals surface area contributed by atoms with Crippen molar-refractivity contribution in [2.75, 3.05) is 5.32 Å². The largest absolute Gasteiger partial charge is 0.360 e. The Hall–Kier alpha value is -1.98. The maximum Gasteiger partial charge on any atom is 0.146 e. The van der Waals surface area contributed by atoms with Gasteiger partial charge in [0.15, 0.2) is 0 Å². The van der Waals surface area contributed by atoms with Gasteiger partial charge in [0.1, 0.15) is 23.8 Å². The first kappa shape index (κ1) is 11.5. The summed E-state index contributed by atoms with van der Waals surface area (Å²) >= 11 is 0. The van der Waals surface area contributed by atoms with Crippen molar-refractivity contribution in [3.63, 3.8) is 0 Å². The molecule has 0 radical (unpaired) electrons. The van der Waals surface area contributed by atoms with Gasteiger partial charge in [0, 0.05) is 11.8 Å². The maximum atomic E-state index is 4.35. The first-order valence-electron chi connectivity index (χ1n) is 5.65. The number of nitrogens with zero attached hydrogens (tertiary/aromatic N) is 4. The van der Waals surface area contributed by atoms with Crippen LogP contribution in [0.4, 0.5) is 5.82 Å². The highest BCUT2D eigenvalue weighted by molar-refractivity contribution is 5.37. The van der Waals surface area contributed by atoms with E-state index < -0.39 is 0 Å². The molecule has 0 spiro atoms. The van der Waals surface area contributed by atoms with Crippen LogP contribution in [0.1, 0.15) is 37.2 Å². The summed E-state index contributed by atoms with van der Waals surface area (Å²) in [5.41, 5.74) is 1.03. The second-order valence-corrected chi connectivity index (χ2v) is 3.88. The van der Waals surface area contributed by atoms with E-state index in [9.17, 15) is 0 Å². The third-order valence-corrected chi connectivity index (χ3v) is 2.46. The van der Waals surface area contributed by atoms with Gasteiger partial charge in [-0.15, -0.1) is 0 Å². The van der Waals surface area contributed by atoms with E-state index in [1.807, 2.05) is 19.9 Å². The van der Waals surface area contributed by atoms with E-state index in [0.29, 0.717) is 0 Å². The molecule has 6 heteroatoms. The molecule has 0 aliphatic heterocycles. The standard InChI is InChI=1S/C11H16N6/c1-4-9-5-10(16-8(3)15-9)14-7(2)11-12-6-13-17-11/h5-7H,4H2,1-3H3,(H,12,13,17)(H,14,15,16). The van der Waals surface area contributed by atoms with Gasteiger partial charge >= 0.3 is 0 Å². The van der Waals surface area contributed by atoms with Gasteiger partial charge in [-0.05, 0) is 20.3 Å². The second kappa shape index (κ2) is 4.90. The average Bonchev–Trinajstić information content (AvgIpc) is 2.81. The highest BCUT2D eigenvalue weighted by Crippen LogP contribution is 2.14. The number of hydrogen-bond acceptors (Lipinski definition) is 5. The molecule has 2 N–H and O–H groups in total. The van der Waals surface area contributed by atoms with Crippen molar-refractivity contribution in [2.24, 2.45) is 0 Å². The quantitative estimate of drug-likeness (QED) is 0.837. The van der Waals surface area contributed by atoms with E-state index in [1.165, 1.54) is 6.33 Å². The fraction of sp³-hybridized carbons (Fsp3) is 0.455. The summed E-state index contributed by atoms with van der Waals surface area (Å²) in [6.07, 6.45) is 2.39. The van der Waals surface area contributed by atoms with E-state index in [4.69, 9.17) is 0 Å². The summed E-state index contributed by atoms with van der Waals surface area (Å²) in [7, 11) is 0. The summed E-state index contributed by atoms with van der Waals surface area (Å²) in [6.45, 7) is 5.97. The predicted molar refractivity (Wildman–Crippen MR) is 64.6 cm³/mol. The molecule has 0 saturated heterocycles. The van der Waals surface area contributed by atoms with Crippen molar-refractivity contribution in [2.45, 2.75) is 33.2 Å². The lowest BCUT2D eigenvalue weighted by Crippen LogP contribution is -2.11. The van der Waals surface area contributed by atoms with Crippen molar-refractivity contribution in [3.05, 3.63) is 29.7 Å². The Morgan fingerprint density at radius 1 is 1.41 bits per heavy atom. The van der Waals surface area contributed by atoms with Crippen LogP contribution in [0.2, 0.25) is 0 Å². The summed E-state index contributed by atoms with van der Waals surface area (Å²) in [5, 5.41) is 9.94. The van der Waals surface area contributed by atoms with Gasteiger partial charge < -0.3 is 5.32 Å². The number of H-pyrrole nitrogens is 1. The topological polar surface area (TPSA) is 79.4 Å². The van der Waals surface area contributed by atoms with E-state index in [-0.39, 0.29) is 6.04 Å². The van der Waals surface area contributed by atoms with E-state index in [1.54, 1.807) is 0 Å². The fourth-order valence-electron chi connectivity index (χ4n) is 1.60. The first-order valence-corrected chi connectivity index (χ1v) is 5.65. The second-order valence-electron chi connectivity index (χ2n) is 3.88. The van der Waals surface area contributed by atoms with Crippen LogP contribution in [0.3, 0.4) is 0 Å². The molecule has 0 aromatic carbocycles. The average molecular weight is 232 g/mol. The first-order chi connectivity index (χ1) is 8.19. The van der Waals surface area contributed by atoms with Crippen LogP contribution in [-0.4, -0.2) is 25.1 Å². The lowest BCUT2D eigenvalue weighted by Gasteiger charge is -2.12. The minimum atomic E-state index is 0.0384. The highest BCUT2D eigenvalue weighted by Gasteiger charge is 2.09. The zero-order valence-corrected chi connectivity index (χ0v) is 10.2. The smallest absolute Gasteiger partial charge is 0.146 e. The predicted octanol–water partition coefficient (Wildman–Crippen LogP) is 1.64.